The van der Waals surface area contributed by atoms with Crippen LogP contribution in [-0.4, -0.2) is 75.9 Å². The van der Waals surface area contributed by atoms with Gasteiger partial charge in [-0.3, -0.25) is 29.0 Å². The summed E-state index contributed by atoms with van der Waals surface area (Å²) in [6.45, 7) is 7.66. The van der Waals surface area contributed by atoms with Crippen LogP contribution in [0.5, 0.6) is 0 Å². The molecule has 0 fully saturated rings. The van der Waals surface area contributed by atoms with Crippen LogP contribution in [0.15, 0.2) is 53.5 Å². The van der Waals surface area contributed by atoms with E-state index in [4.69, 9.17) is 16.9 Å². The van der Waals surface area contributed by atoms with Gasteiger partial charge in [-0.2, -0.15) is 0 Å². The largest absolute Gasteiger partial charge is 0.388 e. The highest BCUT2D eigenvalue weighted by Crippen LogP contribution is 2.27. The second-order valence-electron chi connectivity index (χ2n) is 13.4. The number of nitrogens with two attached hydrogens (primary N) is 2. The molecule has 0 unspecified atom stereocenters. The summed E-state index contributed by atoms with van der Waals surface area (Å²) in [5, 5.41) is 13.9. The highest BCUT2D eigenvalue weighted by molar-refractivity contribution is 7.20. The van der Waals surface area contributed by atoms with E-state index in [9.17, 15) is 24.0 Å². The number of nitrogens with one attached hydrogen (secondary N) is 3. The summed E-state index contributed by atoms with van der Waals surface area (Å²) in [4.78, 5) is 75.3. The number of amides is 2. The van der Waals surface area contributed by atoms with Crippen LogP contribution in [0.4, 0.5) is 0 Å². The number of rotatable bonds is 22. The second kappa shape index (κ2) is 23.2. The molecule has 0 aliphatic rings. The Kier molecular flexibility index (Phi) is 18.9. The Morgan fingerprint density at radius 2 is 1.38 bits per heavy atom. The van der Waals surface area contributed by atoms with Crippen LogP contribution < -0.4 is 22.1 Å². The molecule has 0 bridgehead atoms. The molecule has 2 heterocycles. The van der Waals surface area contributed by atoms with Crippen LogP contribution in [-0.2, 0) is 14.4 Å². The first-order valence-corrected chi connectivity index (χ1v) is 20.4. The molecule has 0 saturated carbocycles. The van der Waals surface area contributed by atoms with E-state index in [0.29, 0.717) is 79.6 Å². The average Bonchev–Trinajstić information content (AvgIpc) is 3.80. The van der Waals surface area contributed by atoms with E-state index >= 15 is 0 Å². The van der Waals surface area contributed by atoms with Gasteiger partial charge in [0.2, 0.25) is 17.6 Å². The number of nitrogens with zero attached hydrogens (tertiary/aromatic N) is 3. The van der Waals surface area contributed by atoms with E-state index in [-0.39, 0.29) is 35.6 Å². The number of fused-ring (bicyclic) bond motifs is 2. The minimum absolute atomic E-state index is 0.0683. The fourth-order valence-corrected chi connectivity index (χ4v) is 7.72. The molecule has 0 aliphatic heterocycles. The third kappa shape index (κ3) is 15.1. The number of amidine groups is 1. The first kappa shape index (κ1) is 44.7. The molecule has 13 nitrogen and oxygen atoms in total. The molecule has 296 valence electrons. The van der Waals surface area contributed by atoms with Crippen molar-refractivity contribution in [2.75, 3.05) is 13.1 Å². The Morgan fingerprint density at radius 3 is 1.91 bits per heavy atom. The van der Waals surface area contributed by atoms with E-state index in [2.05, 4.69) is 25.6 Å². The van der Waals surface area contributed by atoms with Gasteiger partial charge in [0.15, 0.2) is 21.6 Å². The van der Waals surface area contributed by atoms with Gasteiger partial charge in [0.1, 0.15) is 0 Å². The normalized spacial score (nSPS) is 13.0. The molecule has 0 aliphatic carbocycles. The highest BCUT2D eigenvalue weighted by Gasteiger charge is 2.29. The van der Waals surface area contributed by atoms with Gasteiger partial charge < -0.3 is 27.5 Å². The molecule has 2 amide bonds. The molecule has 2 aromatic carbocycles. The first-order chi connectivity index (χ1) is 26.3. The monoisotopic (exact) mass is 790 g/mol. The maximum absolute atomic E-state index is 13.2. The summed E-state index contributed by atoms with van der Waals surface area (Å²) in [5.41, 5.74) is 13.2. The van der Waals surface area contributed by atoms with Crippen molar-refractivity contribution in [2.24, 2.45) is 22.4 Å². The standard InChI is InChI=1S/C21H28N4O3S.C19H26N4O2S/c1-4-16(24-14(3)26)18(27)12-15(8-7-11-23-13(2)22)20(28)21-25-17-9-5-6-10-19(17)29-21;1-13(21)7-2-3-9-15(22-17(24)11-6-12-20)18(25)19-23-14-8-4-5-10-16(14)26-19/h5-6,9-10,15-16H,4,7-8,11-12H2,1-3H3,(H2,22,23)(H,24,26);4-5,8,10,15,21H,2-3,6-7,9,11-12,20H2,1H3,(H,22,24)/t15-,16+;15-/m10/s1. The number of carbonyl (C=O) groups excluding carboxylic acids is 5. The molecule has 7 N–H and O–H groups in total. The maximum Gasteiger partial charge on any atom is 0.220 e. The van der Waals surface area contributed by atoms with Gasteiger partial charge >= 0.3 is 0 Å². The summed E-state index contributed by atoms with van der Waals surface area (Å²) < 4.78 is 1.90. The predicted molar refractivity (Wildman–Crippen MR) is 222 cm³/mol. The zero-order valence-electron chi connectivity index (χ0n) is 32.2. The van der Waals surface area contributed by atoms with Crippen molar-refractivity contribution in [2.45, 2.75) is 104 Å². The third-order valence-electron chi connectivity index (χ3n) is 8.63. The quantitative estimate of drug-likeness (QED) is 0.0256. The van der Waals surface area contributed by atoms with Gasteiger partial charge in [0, 0.05) is 37.9 Å². The van der Waals surface area contributed by atoms with Crippen molar-refractivity contribution < 1.29 is 24.0 Å². The second-order valence-corrected chi connectivity index (χ2v) is 15.5. The fraction of sp³-hybridized carbons (Fsp3) is 0.475. The summed E-state index contributed by atoms with van der Waals surface area (Å²) >= 11 is 2.70. The number of aliphatic imine (C=N–C) groups is 1. The van der Waals surface area contributed by atoms with E-state index in [0.717, 1.165) is 33.3 Å². The van der Waals surface area contributed by atoms with Crippen molar-refractivity contribution >= 4 is 83.8 Å². The van der Waals surface area contributed by atoms with E-state index in [1.54, 1.807) is 13.8 Å². The molecular formula is C40H54N8O5S2. The Balaban J connectivity index is 0.000000297. The molecule has 3 atom stereocenters. The fourth-order valence-electron chi connectivity index (χ4n) is 5.78. The van der Waals surface area contributed by atoms with Crippen LogP contribution in [0.2, 0.25) is 0 Å². The Bertz CT molecular complexity index is 1890. The van der Waals surface area contributed by atoms with Crippen LogP contribution in [0.3, 0.4) is 0 Å². The number of hydrogen-bond acceptors (Lipinski definition) is 12. The maximum atomic E-state index is 13.2. The molecule has 55 heavy (non-hydrogen) atoms. The topological polar surface area (TPSA) is 223 Å². The number of carbonyl (C=O) groups is 5. The number of para-hydroxylation sites is 2. The lowest BCUT2D eigenvalue weighted by atomic mass is 9.90. The molecule has 0 spiro atoms. The third-order valence-corrected chi connectivity index (χ3v) is 10.7. The molecule has 0 radical (unpaired) electrons. The lowest BCUT2D eigenvalue weighted by molar-refractivity contribution is -0.127. The number of hydrogen-bond donors (Lipinski definition) is 5. The van der Waals surface area contributed by atoms with Gasteiger partial charge in [-0.05, 0) is 89.6 Å². The number of unbranched alkanes of at least 4 members (excludes halogenated alkanes) is 1. The lowest BCUT2D eigenvalue weighted by Crippen LogP contribution is -2.41. The van der Waals surface area contributed by atoms with Crippen molar-refractivity contribution in [3.8, 4) is 0 Å². The Labute approximate surface area is 330 Å². The zero-order chi connectivity index (χ0) is 40.3. The van der Waals surface area contributed by atoms with Gasteiger partial charge in [0.05, 0.1) is 38.4 Å². The van der Waals surface area contributed by atoms with E-state index in [1.807, 2.05) is 55.5 Å². The lowest BCUT2D eigenvalue weighted by Gasteiger charge is -2.19. The van der Waals surface area contributed by atoms with Crippen molar-refractivity contribution in [3.63, 3.8) is 0 Å². The van der Waals surface area contributed by atoms with Crippen LogP contribution in [0.1, 0.15) is 112 Å². The molecule has 0 saturated heterocycles. The summed E-state index contributed by atoms with van der Waals surface area (Å²) in [7, 11) is 0. The Hall–Kier alpha value is -4.73. The van der Waals surface area contributed by atoms with Gasteiger partial charge in [0.25, 0.3) is 0 Å². The van der Waals surface area contributed by atoms with Gasteiger partial charge in [-0.15, -0.1) is 22.7 Å². The highest BCUT2D eigenvalue weighted by atomic mass is 32.1. The number of aromatic nitrogens is 2. The van der Waals surface area contributed by atoms with Crippen molar-refractivity contribution in [1.82, 2.24) is 20.6 Å². The predicted octanol–water partition coefficient (Wildman–Crippen LogP) is 6.43. The van der Waals surface area contributed by atoms with E-state index in [1.165, 1.54) is 29.6 Å². The van der Waals surface area contributed by atoms with Crippen LogP contribution in [0.25, 0.3) is 20.4 Å². The van der Waals surface area contributed by atoms with Crippen molar-refractivity contribution in [1.29, 1.82) is 5.41 Å². The first-order valence-electron chi connectivity index (χ1n) is 18.7. The molecule has 15 heteroatoms. The van der Waals surface area contributed by atoms with Gasteiger partial charge in [-0.1, -0.05) is 37.6 Å². The smallest absolute Gasteiger partial charge is 0.220 e. The number of ketones is 3. The minimum Gasteiger partial charge on any atom is -0.388 e. The Morgan fingerprint density at radius 1 is 0.782 bits per heavy atom. The minimum atomic E-state index is -0.581. The molecule has 2 aromatic heterocycles. The SMILES string of the molecule is CC(=N)CCCC[C@H](NC(=O)CCCN)C(=O)c1nc2ccccc2s1.CC[C@H](NC(C)=O)C(=O)C[C@@H](CCCN=C(C)N)C(=O)c1nc2ccccc2s1. The molecule has 4 aromatic rings. The van der Waals surface area contributed by atoms with Crippen LogP contribution in [0, 0.1) is 11.3 Å². The molecular weight excluding hydrogens is 737 g/mol. The number of thiazole rings is 2. The summed E-state index contributed by atoms with van der Waals surface area (Å²) in [5.74, 6) is -0.832. The van der Waals surface area contributed by atoms with Crippen LogP contribution >= 0.6 is 22.7 Å². The zero-order valence-corrected chi connectivity index (χ0v) is 33.8. The summed E-state index contributed by atoms with van der Waals surface area (Å²) in [6.07, 6.45) is 5.48. The number of benzene rings is 2. The molecule has 4 rings (SSSR count). The van der Waals surface area contributed by atoms with Crippen molar-refractivity contribution in [3.05, 3.63) is 58.5 Å². The van der Waals surface area contributed by atoms with E-state index < -0.39 is 18.0 Å². The number of Topliss-reactive ketones (excluding diaryl/α,β-unsaturated/α-hetero) is 3. The summed E-state index contributed by atoms with van der Waals surface area (Å²) in [6, 6.07) is 14.0. The van der Waals surface area contributed by atoms with Gasteiger partial charge in [-0.25, -0.2) is 9.97 Å². The average molecular weight is 791 g/mol.